The molecule has 1 N–H and O–H groups in total. The van der Waals surface area contributed by atoms with Gasteiger partial charge in [-0.3, -0.25) is 4.79 Å². The van der Waals surface area contributed by atoms with Gasteiger partial charge in [-0.1, -0.05) is 23.7 Å². The largest absolute Gasteiger partial charge is 0.465 e. The summed E-state index contributed by atoms with van der Waals surface area (Å²) < 4.78 is 20.3. The number of fused-ring (bicyclic) bond motifs is 1. The highest BCUT2D eigenvalue weighted by Crippen LogP contribution is 2.38. The van der Waals surface area contributed by atoms with Crippen LogP contribution >= 0.6 is 11.6 Å². The van der Waals surface area contributed by atoms with Crippen molar-refractivity contribution in [3.8, 4) is 11.3 Å². The zero-order valence-corrected chi connectivity index (χ0v) is 22.9. The van der Waals surface area contributed by atoms with E-state index in [2.05, 4.69) is 0 Å². The van der Waals surface area contributed by atoms with Gasteiger partial charge in [0.05, 0.1) is 34.1 Å². The lowest BCUT2D eigenvalue weighted by molar-refractivity contribution is 0.0689. The molecule has 0 unspecified atom stereocenters. The van der Waals surface area contributed by atoms with E-state index >= 15 is 0 Å². The average Bonchev–Trinajstić information content (AvgIpc) is 3.26. The molecule has 2 atom stereocenters. The highest BCUT2D eigenvalue weighted by atomic mass is 35.5. The normalized spacial score (nSPS) is 19.7. The first-order valence-corrected chi connectivity index (χ1v) is 13.4. The Morgan fingerprint density at radius 3 is 2.38 bits per heavy atom. The number of benzene rings is 1. The zero-order valence-electron chi connectivity index (χ0n) is 22.2. The van der Waals surface area contributed by atoms with E-state index in [9.17, 15) is 19.1 Å². The lowest BCUT2D eigenvalue weighted by Crippen LogP contribution is -2.48. The van der Waals surface area contributed by atoms with Crippen LogP contribution in [0.4, 0.5) is 15.0 Å². The number of hydrogen-bond donors (Lipinski definition) is 1. The fraction of sp³-hybridized carbons (Fsp3) is 0.429. The number of rotatable bonds is 5. The number of halogens is 2. The van der Waals surface area contributed by atoms with Crippen LogP contribution in [-0.2, 0) is 11.3 Å². The molecule has 2 saturated heterocycles. The summed E-state index contributed by atoms with van der Waals surface area (Å²) in [7, 11) is 1.53. The van der Waals surface area contributed by atoms with E-state index in [4.69, 9.17) is 26.3 Å². The number of nitrogens with zero attached hydrogens (tertiary/aromatic N) is 5. The Labute approximate surface area is 231 Å². The number of likely N-dealkylation sites (tertiary alicyclic amines) is 1. The molecule has 2 aromatic heterocycles. The number of ether oxygens (including phenoxy) is 1. The maximum atomic E-state index is 14.9. The maximum Gasteiger partial charge on any atom is 0.407 e. The standard InChI is InChI=1S/C28H31ClFN5O4/c1-16-8-9-17(2)35(16)27(36)23-22(15-39-3)31-26(33-10-12-34(13-11-33)28(37)38)19-14-20(29)24(32-25(19)23)18-6-4-5-7-21(18)30/h4-7,14,16-17H,8-13,15H2,1-3H3,(H,37,38)/t16-,17-/m0/s1. The molecule has 2 amide bonds. The van der Waals surface area contributed by atoms with E-state index in [1.54, 1.807) is 24.3 Å². The van der Waals surface area contributed by atoms with Gasteiger partial charge in [-0.05, 0) is 44.9 Å². The molecule has 4 heterocycles. The molecule has 0 bridgehead atoms. The molecule has 11 heteroatoms. The van der Waals surface area contributed by atoms with Gasteiger partial charge < -0.3 is 24.5 Å². The number of aromatic nitrogens is 2. The van der Waals surface area contributed by atoms with Crippen LogP contribution in [-0.4, -0.2) is 82.2 Å². The first-order valence-electron chi connectivity index (χ1n) is 13.0. The molecule has 2 fully saturated rings. The predicted molar refractivity (Wildman–Crippen MR) is 147 cm³/mol. The number of hydrogen-bond acceptors (Lipinski definition) is 6. The van der Waals surface area contributed by atoms with Crippen LogP contribution in [0, 0.1) is 5.82 Å². The molecule has 9 nitrogen and oxygen atoms in total. The van der Waals surface area contributed by atoms with Gasteiger partial charge in [-0.25, -0.2) is 19.2 Å². The van der Waals surface area contributed by atoms with Crippen molar-refractivity contribution in [3.05, 3.63) is 52.4 Å². The molecule has 0 saturated carbocycles. The van der Waals surface area contributed by atoms with Crippen molar-refractivity contribution in [2.24, 2.45) is 0 Å². The zero-order chi connectivity index (χ0) is 27.8. The maximum absolute atomic E-state index is 14.9. The number of amides is 2. The molecule has 1 aromatic carbocycles. The molecular formula is C28H31ClFN5O4. The Kier molecular flexibility index (Phi) is 7.59. The highest BCUT2D eigenvalue weighted by Gasteiger charge is 2.36. The molecular weight excluding hydrogens is 525 g/mol. The third-order valence-corrected chi connectivity index (χ3v) is 7.93. The molecule has 2 aliphatic rings. The fourth-order valence-corrected chi connectivity index (χ4v) is 5.87. The Hall–Kier alpha value is -3.50. The third kappa shape index (κ3) is 4.98. The number of carboxylic acid groups (broad SMARTS) is 1. The summed E-state index contributed by atoms with van der Waals surface area (Å²) in [5.41, 5.74) is 1.56. The van der Waals surface area contributed by atoms with Crippen molar-refractivity contribution in [2.45, 2.75) is 45.4 Å². The first-order chi connectivity index (χ1) is 18.7. The molecule has 0 spiro atoms. The number of anilines is 1. The van der Waals surface area contributed by atoms with E-state index < -0.39 is 11.9 Å². The molecule has 206 valence electrons. The van der Waals surface area contributed by atoms with Crippen LogP contribution in [0.15, 0.2) is 30.3 Å². The fourth-order valence-electron chi connectivity index (χ4n) is 5.61. The summed E-state index contributed by atoms with van der Waals surface area (Å²) in [5, 5.41) is 10.2. The quantitative estimate of drug-likeness (QED) is 0.470. The summed E-state index contributed by atoms with van der Waals surface area (Å²) in [6, 6.07) is 8.00. The minimum atomic E-state index is -0.971. The number of carbonyl (C=O) groups is 2. The monoisotopic (exact) mass is 555 g/mol. The van der Waals surface area contributed by atoms with E-state index in [1.165, 1.54) is 18.1 Å². The summed E-state index contributed by atoms with van der Waals surface area (Å²) in [4.78, 5) is 40.6. The second kappa shape index (κ2) is 10.9. The van der Waals surface area contributed by atoms with Crippen LogP contribution in [0.2, 0.25) is 5.02 Å². The smallest absolute Gasteiger partial charge is 0.407 e. The van der Waals surface area contributed by atoms with E-state index in [0.29, 0.717) is 54.2 Å². The van der Waals surface area contributed by atoms with Crippen LogP contribution in [0.3, 0.4) is 0 Å². The number of methoxy groups -OCH3 is 1. The molecule has 39 heavy (non-hydrogen) atoms. The predicted octanol–water partition coefficient (Wildman–Crippen LogP) is 5.05. The molecule has 0 aliphatic carbocycles. The van der Waals surface area contributed by atoms with Gasteiger partial charge in [0.15, 0.2) is 0 Å². The SMILES string of the molecule is COCc1nc(N2CCN(C(=O)O)CC2)c2cc(Cl)c(-c3ccccc3F)nc2c1C(=O)N1[C@@H](C)CC[C@@H]1C. The summed E-state index contributed by atoms with van der Waals surface area (Å²) in [6.45, 7) is 5.53. The van der Waals surface area contributed by atoms with Gasteiger partial charge >= 0.3 is 6.09 Å². The highest BCUT2D eigenvalue weighted by molar-refractivity contribution is 6.34. The molecule has 3 aromatic rings. The Bertz CT molecular complexity index is 1420. The van der Waals surface area contributed by atoms with Gasteiger partial charge in [0.2, 0.25) is 0 Å². The topological polar surface area (TPSA) is 99.1 Å². The van der Waals surface area contributed by atoms with Crippen molar-refractivity contribution in [2.75, 3.05) is 38.2 Å². The second-order valence-electron chi connectivity index (χ2n) is 10.1. The van der Waals surface area contributed by atoms with E-state index in [1.807, 2.05) is 23.6 Å². The number of pyridine rings is 2. The van der Waals surface area contributed by atoms with Crippen molar-refractivity contribution in [1.82, 2.24) is 19.8 Å². The Balaban J connectivity index is 1.75. The van der Waals surface area contributed by atoms with Crippen LogP contribution in [0.25, 0.3) is 22.2 Å². The van der Waals surface area contributed by atoms with Gasteiger partial charge in [-0.15, -0.1) is 0 Å². The van der Waals surface area contributed by atoms with Crippen molar-refractivity contribution >= 4 is 40.3 Å². The van der Waals surface area contributed by atoms with Crippen molar-refractivity contribution in [3.63, 3.8) is 0 Å². The number of piperazine rings is 1. The first kappa shape index (κ1) is 27.1. The summed E-state index contributed by atoms with van der Waals surface area (Å²) in [6.07, 6.45) is 0.814. The van der Waals surface area contributed by atoms with Crippen LogP contribution in [0.5, 0.6) is 0 Å². The number of carbonyl (C=O) groups excluding carboxylic acids is 1. The van der Waals surface area contributed by atoms with Gasteiger partial charge in [-0.2, -0.15) is 0 Å². The van der Waals surface area contributed by atoms with Gasteiger partial charge in [0.25, 0.3) is 5.91 Å². The minimum Gasteiger partial charge on any atom is -0.465 e. The second-order valence-corrected chi connectivity index (χ2v) is 10.5. The molecule has 5 rings (SSSR count). The molecule has 2 aliphatic heterocycles. The molecule has 0 radical (unpaired) electrons. The van der Waals surface area contributed by atoms with Crippen molar-refractivity contribution in [1.29, 1.82) is 0 Å². The van der Waals surface area contributed by atoms with Crippen LogP contribution < -0.4 is 4.90 Å². The lowest BCUT2D eigenvalue weighted by atomic mass is 10.0. The lowest BCUT2D eigenvalue weighted by Gasteiger charge is -2.35. The van der Waals surface area contributed by atoms with Crippen molar-refractivity contribution < 1.29 is 23.8 Å². The third-order valence-electron chi connectivity index (χ3n) is 7.64. The Morgan fingerprint density at radius 2 is 1.77 bits per heavy atom. The summed E-state index contributed by atoms with van der Waals surface area (Å²) >= 11 is 6.71. The van der Waals surface area contributed by atoms with Crippen LogP contribution in [0.1, 0.15) is 42.7 Å². The minimum absolute atomic E-state index is 0.0417. The Morgan fingerprint density at radius 1 is 1.10 bits per heavy atom. The van der Waals surface area contributed by atoms with E-state index in [-0.39, 0.29) is 40.9 Å². The average molecular weight is 556 g/mol. The van der Waals surface area contributed by atoms with Gasteiger partial charge in [0, 0.05) is 56.3 Å². The summed E-state index contributed by atoms with van der Waals surface area (Å²) in [5.74, 6) is -0.138. The van der Waals surface area contributed by atoms with Gasteiger partial charge in [0.1, 0.15) is 11.6 Å². The van der Waals surface area contributed by atoms with E-state index in [0.717, 1.165) is 12.8 Å².